The smallest absolute Gasteiger partial charge is 0.361 e. The number of anilines is 1. The van der Waals surface area contributed by atoms with Gasteiger partial charge in [0.05, 0.1) is 11.3 Å². The summed E-state index contributed by atoms with van der Waals surface area (Å²) in [6, 6.07) is 7.02. The Labute approximate surface area is 138 Å². The first-order chi connectivity index (χ1) is 11.7. The highest BCUT2D eigenvalue weighted by Gasteiger charge is 2.13. The van der Waals surface area contributed by atoms with Crippen LogP contribution in [0.4, 0.5) is 5.69 Å². The van der Waals surface area contributed by atoms with Crippen LogP contribution in [0.25, 0.3) is 0 Å². The van der Waals surface area contributed by atoms with Gasteiger partial charge in [-0.2, -0.15) is 10.3 Å². The Morgan fingerprint density at radius 1 is 1.33 bits per heavy atom. The fraction of sp³-hybridized carbons (Fsp3) is 0.267. The van der Waals surface area contributed by atoms with E-state index in [-0.39, 0.29) is 11.9 Å². The lowest BCUT2D eigenvalue weighted by Crippen LogP contribution is -2.12. The van der Waals surface area contributed by atoms with Crippen molar-refractivity contribution in [3.8, 4) is 11.8 Å². The summed E-state index contributed by atoms with van der Waals surface area (Å²) in [6.07, 6.45) is 2.73. The number of tetrazole rings is 1. The van der Waals surface area contributed by atoms with Gasteiger partial charge in [0.1, 0.15) is 5.75 Å². The van der Waals surface area contributed by atoms with Crippen LogP contribution in [0.1, 0.15) is 29.4 Å². The van der Waals surface area contributed by atoms with E-state index in [1.165, 1.54) is 0 Å². The maximum Gasteiger partial charge on any atom is 0.361 e. The van der Waals surface area contributed by atoms with Gasteiger partial charge in [0.2, 0.25) is 0 Å². The van der Waals surface area contributed by atoms with E-state index in [1.807, 2.05) is 6.92 Å². The molecule has 0 aliphatic heterocycles. The minimum absolute atomic E-state index is 0.130. The molecule has 0 unspecified atom stereocenters. The van der Waals surface area contributed by atoms with Crippen molar-refractivity contribution in [2.24, 2.45) is 0 Å². The molecule has 24 heavy (non-hydrogen) atoms. The summed E-state index contributed by atoms with van der Waals surface area (Å²) in [7, 11) is 0. The standard InChI is InChI=1S/C15H17N7O2/c1-3-8-22-9-13(10(2)19-22)14(23)16-11-4-6-12(7-5-11)24-15-17-20-21-18-15/h4-7,9H,3,8H2,1-2H3,(H,16,23)(H,17,18,20,21). The maximum absolute atomic E-state index is 12.4. The molecular formula is C15H17N7O2. The molecule has 9 heteroatoms. The monoisotopic (exact) mass is 327 g/mol. The van der Waals surface area contributed by atoms with Crippen molar-refractivity contribution in [2.75, 3.05) is 5.32 Å². The molecule has 2 aromatic heterocycles. The van der Waals surface area contributed by atoms with E-state index in [0.717, 1.165) is 13.0 Å². The van der Waals surface area contributed by atoms with Crippen LogP contribution < -0.4 is 10.1 Å². The number of hydrogen-bond donors (Lipinski definition) is 2. The third kappa shape index (κ3) is 3.57. The Kier molecular flexibility index (Phi) is 4.50. The Bertz CT molecular complexity index is 809. The quantitative estimate of drug-likeness (QED) is 0.718. The lowest BCUT2D eigenvalue weighted by molar-refractivity contribution is 0.102. The van der Waals surface area contributed by atoms with E-state index < -0.39 is 0 Å². The number of benzene rings is 1. The predicted octanol–water partition coefficient (Wildman–Crippen LogP) is 2.16. The Balaban J connectivity index is 1.66. The van der Waals surface area contributed by atoms with E-state index in [0.29, 0.717) is 22.7 Å². The number of aromatic nitrogens is 6. The number of carbonyl (C=O) groups is 1. The van der Waals surface area contributed by atoms with Gasteiger partial charge in [-0.3, -0.25) is 9.48 Å². The molecule has 2 heterocycles. The molecule has 0 fully saturated rings. The van der Waals surface area contributed by atoms with Crippen molar-refractivity contribution in [1.29, 1.82) is 0 Å². The van der Waals surface area contributed by atoms with Crippen LogP contribution in [0.5, 0.6) is 11.8 Å². The first kappa shape index (κ1) is 15.7. The predicted molar refractivity (Wildman–Crippen MR) is 85.9 cm³/mol. The molecule has 3 aromatic rings. The van der Waals surface area contributed by atoms with E-state index in [2.05, 4.69) is 38.0 Å². The number of ether oxygens (including phenoxy) is 1. The second-order valence-corrected chi connectivity index (χ2v) is 5.17. The van der Waals surface area contributed by atoms with Gasteiger partial charge in [-0.15, -0.1) is 0 Å². The van der Waals surface area contributed by atoms with Crippen molar-refractivity contribution in [3.63, 3.8) is 0 Å². The van der Waals surface area contributed by atoms with Gasteiger partial charge in [-0.05, 0) is 42.8 Å². The molecular weight excluding hydrogens is 310 g/mol. The zero-order valence-electron chi connectivity index (χ0n) is 13.4. The molecule has 0 spiro atoms. The van der Waals surface area contributed by atoms with Crippen molar-refractivity contribution in [3.05, 3.63) is 41.7 Å². The van der Waals surface area contributed by atoms with Gasteiger partial charge in [-0.25, -0.2) is 0 Å². The number of rotatable bonds is 6. The fourth-order valence-electron chi connectivity index (χ4n) is 2.19. The van der Waals surface area contributed by atoms with Crippen molar-refractivity contribution < 1.29 is 9.53 Å². The summed E-state index contributed by atoms with van der Waals surface area (Å²) in [5.74, 6) is 0.350. The number of aromatic amines is 1. The summed E-state index contributed by atoms with van der Waals surface area (Å²) in [5, 5.41) is 20.3. The van der Waals surface area contributed by atoms with Crippen molar-refractivity contribution in [2.45, 2.75) is 26.8 Å². The van der Waals surface area contributed by atoms with Gasteiger partial charge in [-0.1, -0.05) is 17.1 Å². The first-order valence-corrected chi connectivity index (χ1v) is 7.52. The highest BCUT2D eigenvalue weighted by atomic mass is 16.5. The highest BCUT2D eigenvalue weighted by molar-refractivity contribution is 6.04. The number of H-pyrrole nitrogens is 1. The van der Waals surface area contributed by atoms with Crippen LogP contribution >= 0.6 is 0 Å². The number of amides is 1. The third-order valence-electron chi connectivity index (χ3n) is 3.29. The van der Waals surface area contributed by atoms with Crippen LogP contribution in [-0.4, -0.2) is 36.3 Å². The van der Waals surface area contributed by atoms with Crippen molar-refractivity contribution >= 4 is 11.6 Å². The van der Waals surface area contributed by atoms with Crippen molar-refractivity contribution in [1.82, 2.24) is 30.4 Å². The number of hydrogen-bond acceptors (Lipinski definition) is 6. The van der Waals surface area contributed by atoms with Gasteiger partial charge in [0, 0.05) is 18.4 Å². The summed E-state index contributed by atoms with van der Waals surface area (Å²) in [5.41, 5.74) is 1.93. The summed E-state index contributed by atoms with van der Waals surface area (Å²) >= 11 is 0. The first-order valence-electron chi connectivity index (χ1n) is 7.52. The van der Waals surface area contributed by atoms with E-state index in [9.17, 15) is 4.79 Å². The lowest BCUT2D eigenvalue weighted by Gasteiger charge is -2.05. The summed E-state index contributed by atoms with van der Waals surface area (Å²) < 4.78 is 7.15. The van der Waals surface area contributed by atoms with E-state index >= 15 is 0 Å². The molecule has 0 aliphatic carbocycles. The van der Waals surface area contributed by atoms with Gasteiger partial charge < -0.3 is 10.1 Å². The summed E-state index contributed by atoms with van der Waals surface area (Å²) in [4.78, 5) is 12.4. The Morgan fingerprint density at radius 3 is 2.79 bits per heavy atom. The molecule has 0 saturated carbocycles. The molecule has 0 aliphatic rings. The minimum atomic E-state index is -0.193. The minimum Gasteiger partial charge on any atom is -0.422 e. The van der Waals surface area contributed by atoms with Crippen LogP contribution in [0.15, 0.2) is 30.5 Å². The second kappa shape index (κ2) is 6.90. The molecule has 0 atom stereocenters. The number of aryl methyl sites for hydroxylation is 2. The maximum atomic E-state index is 12.4. The van der Waals surface area contributed by atoms with Crippen LogP contribution in [0, 0.1) is 6.92 Å². The fourth-order valence-corrected chi connectivity index (χ4v) is 2.19. The molecule has 124 valence electrons. The second-order valence-electron chi connectivity index (χ2n) is 5.17. The molecule has 0 saturated heterocycles. The number of carbonyl (C=O) groups excluding carboxylic acids is 1. The molecule has 9 nitrogen and oxygen atoms in total. The van der Waals surface area contributed by atoms with Gasteiger partial charge in [0.15, 0.2) is 0 Å². The SMILES string of the molecule is CCCn1cc(C(=O)Nc2ccc(Oc3nn[nH]n3)cc2)c(C)n1. The molecule has 1 amide bonds. The normalized spacial score (nSPS) is 10.6. The van der Waals surface area contributed by atoms with Crippen LogP contribution in [0.3, 0.4) is 0 Å². The zero-order chi connectivity index (χ0) is 16.9. The van der Waals surface area contributed by atoms with Gasteiger partial charge >= 0.3 is 6.01 Å². The largest absolute Gasteiger partial charge is 0.422 e. The number of nitrogens with one attached hydrogen (secondary N) is 2. The summed E-state index contributed by atoms with van der Waals surface area (Å²) in [6.45, 7) is 4.67. The molecule has 0 radical (unpaired) electrons. The third-order valence-corrected chi connectivity index (χ3v) is 3.29. The van der Waals surface area contributed by atoms with Crippen LogP contribution in [0.2, 0.25) is 0 Å². The van der Waals surface area contributed by atoms with E-state index in [4.69, 9.17) is 4.74 Å². The molecule has 2 N–H and O–H groups in total. The average Bonchev–Trinajstić information content (AvgIpc) is 3.19. The number of nitrogens with zero attached hydrogens (tertiary/aromatic N) is 5. The van der Waals surface area contributed by atoms with Crippen LogP contribution in [-0.2, 0) is 6.54 Å². The van der Waals surface area contributed by atoms with E-state index in [1.54, 1.807) is 35.1 Å². The zero-order valence-corrected chi connectivity index (χ0v) is 13.4. The Morgan fingerprint density at radius 2 is 2.12 bits per heavy atom. The highest BCUT2D eigenvalue weighted by Crippen LogP contribution is 2.20. The lowest BCUT2D eigenvalue weighted by atomic mass is 10.2. The Hall–Kier alpha value is -3.23. The van der Waals surface area contributed by atoms with Gasteiger partial charge in [0.25, 0.3) is 5.91 Å². The molecule has 0 bridgehead atoms. The molecule has 3 rings (SSSR count). The average molecular weight is 327 g/mol. The topological polar surface area (TPSA) is 111 Å². The molecule has 1 aromatic carbocycles.